The van der Waals surface area contributed by atoms with Gasteiger partial charge in [0.2, 0.25) is 0 Å². The molecule has 0 heterocycles. The van der Waals surface area contributed by atoms with E-state index in [-0.39, 0.29) is 5.12 Å². The highest BCUT2D eigenvalue weighted by atomic mass is 32.2. The lowest BCUT2D eigenvalue weighted by Crippen LogP contribution is -1.90. The minimum atomic E-state index is 0.0756. The standard InChI is InChI=1S/C13H14O3S/c1-10(14)17-8-4-5-11-6-7-12(15-2)13(9-11)16-3/h6-7,9H,8H2,1-3H3. The summed E-state index contributed by atoms with van der Waals surface area (Å²) in [5.41, 5.74) is 0.840. The van der Waals surface area contributed by atoms with Crippen molar-refractivity contribution in [2.24, 2.45) is 0 Å². The number of hydrogen-bond donors (Lipinski definition) is 0. The van der Waals surface area contributed by atoms with E-state index in [0.29, 0.717) is 17.3 Å². The fourth-order valence-corrected chi connectivity index (χ4v) is 1.54. The van der Waals surface area contributed by atoms with Crippen LogP contribution in [0, 0.1) is 11.8 Å². The van der Waals surface area contributed by atoms with E-state index in [0.717, 1.165) is 5.56 Å². The van der Waals surface area contributed by atoms with E-state index < -0.39 is 0 Å². The Morgan fingerprint density at radius 3 is 2.59 bits per heavy atom. The number of rotatable bonds is 3. The predicted octanol–water partition coefficient (Wildman–Crippen LogP) is 2.33. The SMILES string of the molecule is COc1ccc(C#CCSC(C)=O)cc1OC. The topological polar surface area (TPSA) is 35.5 Å². The summed E-state index contributed by atoms with van der Waals surface area (Å²) in [6.07, 6.45) is 0. The molecule has 3 nitrogen and oxygen atoms in total. The molecule has 1 aromatic carbocycles. The van der Waals surface area contributed by atoms with Crippen LogP contribution in [0.1, 0.15) is 12.5 Å². The zero-order valence-corrected chi connectivity index (χ0v) is 10.9. The number of hydrogen-bond acceptors (Lipinski definition) is 4. The van der Waals surface area contributed by atoms with Crippen LogP contribution in [0.5, 0.6) is 11.5 Å². The van der Waals surface area contributed by atoms with Gasteiger partial charge in [0.25, 0.3) is 0 Å². The molecular weight excluding hydrogens is 236 g/mol. The van der Waals surface area contributed by atoms with Crippen molar-refractivity contribution in [3.63, 3.8) is 0 Å². The van der Waals surface area contributed by atoms with Gasteiger partial charge < -0.3 is 9.47 Å². The number of ether oxygens (including phenoxy) is 2. The lowest BCUT2D eigenvalue weighted by Gasteiger charge is -2.06. The normalized spacial score (nSPS) is 9.12. The maximum absolute atomic E-state index is 10.7. The highest BCUT2D eigenvalue weighted by Crippen LogP contribution is 2.27. The molecule has 0 aliphatic carbocycles. The summed E-state index contributed by atoms with van der Waals surface area (Å²) in [5, 5.41) is 0.0756. The average molecular weight is 250 g/mol. The summed E-state index contributed by atoms with van der Waals surface area (Å²) in [6, 6.07) is 5.47. The van der Waals surface area contributed by atoms with Crippen molar-refractivity contribution in [1.82, 2.24) is 0 Å². The molecule has 4 heteroatoms. The van der Waals surface area contributed by atoms with Crippen molar-refractivity contribution < 1.29 is 14.3 Å². The first-order valence-electron chi connectivity index (χ1n) is 5.01. The monoisotopic (exact) mass is 250 g/mol. The van der Waals surface area contributed by atoms with Crippen LogP contribution in [-0.2, 0) is 4.79 Å². The van der Waals surface area contributed by atoms with Crippen molar-refractivity contribution in [2.75, 3.05) is 20.0 Å². The number of benzene rings is 1. The largest absolute Gasteiger partial charge is 0.493 e. The first-order chi connectivity index (χ1) is 8.17. The molecule has 0 N–H and O–H groups in total. The van der Waals surface area contributed by atoms with Gasteiger partial charge in [-0.25, -0.2) is 0 Å². The number of thioether (sulfide) groups is 1. The van der Waals surface area contributed by atoms with Gasteiger partial charge in [0.05, 0.1) is 20.0 Å². The van der Waals surface area contributed by atoms with Gasteiger partial charge >= 0.3 is 0 Å². The molecule has 0 amide bonds. The maximum atomic E-state index is 10.7. The van der Waals surface area contributed by atoms with Gasteiger partial charge in [-0.1, -0.05) is 23.6 Å². The van der Waals surface area contributed by atoms with Gasteiger partial charge in [0.1, 0.15) is 0 Å². The second-order valence-corrected chi connectivity index (χ2v) is 4.30. The van der Waals surface area contributed by atoms with E-state index in [1.165, 1.54) is 18.7 Å². The van der Waals surface area contributed by atoms with Crippen molar-refractivity contribution >= 4 is 16.9 Å². The van der Waals surface area contributed by atoms with Crippen LogP contribution in [0.4, 0.5) is 0 Å². The third kappa shape index (κ3) is 4.41. The molecule has 1 aromatic rings. The smallest absolute Gasteiger partial charge is 0.186 e. The van der Waals surface area contributed by atoms with E-state index >= 15 is 0 Å². The zero-order chi connectivity index (χ0) is 12.7. The minimum Gasteiger partial charge on any atom is -0.493 e. The zero-order valence-electron chi connectivity index (χ0n) is 10.1. The second-order valence-electron chi connectivity index (χ2n) is 3.15. The van der Waals surface area contributed by atoms with E-state index in [1.54, 1.807) is 20.3 Å². The van der Waals surface area contributed by atoms with Gasteiger partial charge in [-0.3, -0.25) is 4.79 Å². The molecule has 0 radical (unpaired) electrons. The van der Waals surface area contributed by atoms with Crippen molar-refractivity contribution in [3.8, 4) is 23.3 Å². The van der Waals surface area contributed by atoms with Crippen molar-refractivity contribution in [3.05, 3.63) is 23.8 Å². The van der Waals surface area contributed by atoms with Crippen LogP contribution in [0.25, 0.3) is 0 Å². The fraction of sp³-hybridized carbons (Fsp3) is 0.308. The van der Waals surface area contributed by atoms with Crippen LogP contribution in [0.15, 0.2) is 18.2 Å². The van der Waals surface area contributed by atoms with Gasteiger partial charge in [0, 0.05) is 12.5 Å². The number of methoxy groups -OCH3 is 2. The molecule has 17 heavy (non-hydrogen) atoms. The van der Waals surface area contributed by atoms with Crippen LogP contribution in [-0.4, -0.2) is 25.1 Å². The lowest BCUT2D eigenvalue weighted by molar-refractivity contribution is -0.109. The van der Waals surface area contributed by atoms with Crippen LogP contribution < -0.4 is 9.47 Å². The molecule has 0 unspecified atom stereocenters. The highest BCUT2D eigenvalue weighted by molar-refractivity contribution is 8.13. The summed E-state index contributed by atoms with van der Waals surface area (Å²) in [4.78, 5) is 10.7. The lowest BCUT2D eigenvalue weighted by atomic mass is 10.2. The Balaban J connectivity index is 2.75. The first kappa shape index (κ1) is 13.5. The molecule has 0 saturated carbocycles. The van der Waals surface area contributed by atoms with Crippen LogP contribution in [0.2, 0.25) is 0 Å². The van der Waals surface area contributed by atoms with Gasteiger partial charge in [0.15, 0.2) is 16.6 Å². The van der Waals surface area contributed by atoms with Crippen molar-refractivity contribution in [1.29, 1.82) is 0 Å². The third-order valence-corrected chi connectivity index (χ3v) is 2.66. The van der Waals surface area contributed by atoms with Gasteiger partial charge in [-0.15, -0.1) is 0 Å². The van der Waals surface area contributed by atoms with E-state index in [9.17, 15) is 4.79 Å². The van der Waals surface area contributed by atoms with Gasteiger partial charge in [-0.05, 0) is 18.2 Å². The second kappa shape index (κ2) is 6.87. The molecule has 0 atom stereocenters. The molecule has 90 valence electrons. The molecule has 0 saturated heterocycles. The Hall–Kier alpha value is -1.60. The Kier molecular flexibility index (Phi) is 5.44. The van der Waals surface area contributed by atoms with Gasteiger partial charge in [-0.2, -0.15) is 0 Å². The molecule has 0 bridgehead atoms. The van der Waals surface area contributed by atoms with Crippen LogP contribution >= 0.6 is 11.8 Å². The fourth-order valence-electron chi connectivity index (χ4n) is 1.19. The number of carbonyl (C=O) groups excluding carboxylic acids is 1. The summed E-state index contributed by atoms with van der Waals surface area (Å²) >= 11 is 1.20. The highest BCUT2D eigenvalue weighted by Gasteiger charge is 2.02. The molecule has 1 rings (SSSR count). The minimum absolute atomic E-state index is 0.0756. The van der Waals surface area contributed by atoms with Crippen molar-refractivity contribution in [2.45, 2.75) is 6.92 Å². The Morgan fingerprint density at radius 2 is 2.00 bits per heavy atom. The predicted molar refractivity (Wildman–Crippen MR) is 69.6 cm³/mol. The third-order valence-electron chi connectivity index (χ3n) is 1.96. The van der Waals surface area contributed by atoms with E-state index in [4.69, 9.17) is 9.47 Å². The summed E-state index contributed by atoms with van der Waals surface area (Å²) in [6.45, 7) is 1.53. The molecular formula is C13H14O3S. The summed E-state index contributed by atoms with van der Waals surface area (Å²) in [7, 11) is 3.17. The molecule has 0 spiro atoms. The molecule has 0 aromatic heterocycles. The Bertz CT molecular complexity index is 457. The van der Waals surface area contributed by atoms with Crippen LogP contribution in [0.3, 0.4) is 0 Å². The summed E-state index contributed by atoms with van der Waals surface area (Å²) < 4.78 is 10.3. The Morgan fingerprint density at radius 1 is 1.29 bits per heavy atom. The molecule has 0 fully saturated rings. The summed E-state index contributed by atoms with van der Waals surface area (Å²) in [5.74, 6) is 7.72. The average Bonchev–Trinajstić information content (AvgIpc) is 2.34. The Labute approximate surface area is 105 Å². The quantitative estimate of drug-likeness (QED) is 0.771. The maximum Gasteiger partial charge on any atom is 0.186 e. The number of carbonyl (C=O) groups is 1. The first-order valence-corrected chi connectivity index (χ1v) is 6.00. The molecule has 0 aliphatic rings. The molecule has 0 aliphatic heterocycles. The van der Waals surface area contributed by atoms with E-state index in [1.807, 2.05) is 12.1 Å². The van der Waals surface area contributed by atoms with E-state index in [2.05, 4.69) is 11.8 Å².